The van der Waals surface area contributed by atoms with E-state index in [9.17, 15) is 18.8 Å². The van der Waals surface area contributed by atoms with Crippen LogP contribution in [-0.2, 0) is 4.79 Å². The van der Waals surface area contributed by atoms with Crippen LogP contribution in [0.1, 0.15) is 19.4 Å². The molecule has 3 aromatic heterocycles. The van der Waals surface area contributed by atoms with Crippen LogP contribution in [0.25, 0.3) is 16.6 Å². The van der Waals surface area contributed by atoms with Gasteiger partial charge in [-0.15, -0.1) is 0 Å². The SMILES string of the molecule is CC(C)=C(C(=O)Nc1ccnc(F)c1)n1c(=O)[nH]c2cncc(C)c2c1=O. The highest BCUT2D eigenvalue weighted by atomic mass is 19.1. The molecule has 0 aliphatic rings. The predicted octanol–water partition coefficient (Wildman–Crippen LogP) is 1.82. The van der Waals surface area contributed by atoms with E-state index in [0.717, 1.165) is 10.6 Å². The molecule has 3 aromatic rings. The summed E-state index contributed by atoms with van der Waals surface area (Å²) < 4.78 is 14.0. The van der Waals surface area contributed by atoms with Gasteiger partial charge in [0.15, 0.2) is 0 Å². The molecule has 3 heterocycles. The summed E-state index contributed by atoms with van der Waals surface area (Å²) in [5, 5.41) is 2.73. The Kier molecular flexibility index (Phi) is 4.68. The molecule has 9 heteroatoms. The van der Waals surface area contributed by atoms with Gasteiger partial charge in [-0.3, -0.25) is 14.6 Å². The Balaban J connectivity index is 2.18. The first-order chi connectivity index (χ1) is 12.8. The van der Waals surface area contributed by atoms with Gasteiger partial charge in [-0.25, -0.2) is 14.3 Å². The molecule has 0 radical (unpaired) electrons. The van der Waals surface area contributed by atoms with Gasteiger partial charge in [-0.05, 0) is 38.0 Å². The van der Waals surface area contributed by atoms with Crippen molar-refractivity contribution in [2.24, 2.45) is 0 Å². The summed E-state index contributed by atoms with van der Waals surface area (Å²) in [5.74, 6) is -1.49. The fourth-order valence-electron chi connectivity index (χ4n) is 2.74. The molecular formula is C18H16FN5O3. The highest BCUT2D eigenvalue weighted by Crippen LogP contribution is 2.15. The number of carbonyl (C=O) groups is 1. The second-order valence-corrected chi connectivity index (χ2v) is 6.12. The second kappa shape index (κ2) is 6.94. The van der Waals surface area contributed by atoms with Gasteiger partial charge in [0.25, 0.3) is 11.5 Å². The lowest BCUT2D eigenvalue weighted by atomic mass is 10.2. The number of halogens is 1. The molecule has 0 aliphatic heterocycles. The van der Waals surface area contributed by atoms with E-state index in [1.54, 1.807) is 20.8 Å². The van der Waals surface area contributed by atoms with Crippen molar-refractivity contribution >= 4 is 28.2 Å². The van der Waals surface area contributed by atoms with Gasteiger partial charge in [0.05, 0.1) is 17.1 Å². The van der Waals surface area contributed by atoms with E-state index < -0.39 is 23.1 Å². The number of pyridine rings is 2. The molecule has 3 rings (SSSR count). The van der Waals surface area contributed by atoms with Gasteiger partial charge in [-0.2, -0.15) is 4.39 Å². The molecular weight excluding hydrogens is 353 g/mol. The summed E-state index contributed by atoms with van der Waals surface area (Å²) in [6.07, 6.45) is 4.06. The monoisotopic (exact) mass is 369 g/mol. The summed E-state index contributed by atoms with van der Waals surface area (Å²) in [6.45, 7) is 4.87. The van der Waals surface area contributed by atoms with E-state index in [1.165, 1.54) is 24.7 Å². The zero-order valence-corrected chi connectivity index (χ0v) is 14.8. The zero-order chi connectivity index (χ0) is 19.7. The molecule has 0 spiro atoms. The molecule has 0 atom stereocenters. The minimum Gasteiger partial charge on any atom is -0.320 e. The lowest BCUT2D eigenvalue weighted by Crippen LogP contribution is -2.38. The van der Waals surface area contributed by atoms with Crippen LogP contribution in [0.2, 0.25) is 0 Å². The maximum Gasteiger partial charge on any atom is 0.333 e. The van der Waals surface area contributed by atoms with Crippen LogP contribution in [0.5, 0.6) is 0 Å². The standard InChI is InChI=1S/C18H16FN5O3/c1-9(2)15(16(25)22-11-4-5-21-13(19)6-11)24-17(26)14-10(3)7-20-8-12(14)23-18(24)27/h4-8H,1-3H3,(H,23,27)(H,21,22,25). The van der Waals surface area contributed by atoms with Crippen molar-refractivity contribution in [3.05, 3.63) is 68.6 Å². The fourth-order valence-corrected chi connectivity index (χ4v) is 2.74. The number of nitrogens with one attached hydrogen (secondary N) is 2. The fraction of sp³-hybridized carbons (Fsp3) is 0.167. The highest BCUT2D eigenvalue weighted by Gasteiger charge is 2.20. The molecule has 138 valence electrons. The number of aryl methyl sites for hydroxylation is 1. The molecule has 0 aromatic carbocycles. The minimum absolute atomic E-state index is 0.142. The average Bonchev–Trinajstić information content (AvgIpc) is 2.57. The molecule has 0 saturated heterocycles. The molecule has 1 amide bonds. The third kappa shape index (κ3) is 3.39. The second-order valence-electron chi connectivity index (χ2n) is 6.12. The lowest BCUT2D eigenvalue weighted by Gasteiger charge is -2.13. The number of rotatable bonds is 3. The van der Waals surface area contributed by atoms with E-state index in [2.05, 4.69) is 20.3 Å². The van der Waals surface area contributed by atoms with Crippen molar-refractivity contribution in [2.45, 2.75) is 20.8 Å². The number of H-pyrrole nitrogens is 1. The number of hydrogen-bond acceptors (Lipinski definition) is 5. The van der Waals surface area contributed by atoms with Gasteiger partial charge in [0, 0.05) is 24.1 Å². The number of allylic oxidation sites excluding steroid dienone is 1. The van der Waals surface area contributed by atoms with E-state index in [-0.39, 0.29) is 22.3 Å². The quantitative estimate of drug-likeness (QED) is 0.541. The summed E-state index contributed by atoms with van der Waals surface area (Å²) in [4.78, 5) is 48.2. The summed E-state index contributed by atoms with van der Waals surface area (Å²) in [6, 6.07) is 2.43. The molecule has 0 fully saturated rings. The Bertz CT molecular complexity index is 1210. The van der Waals surface area contributed by atoms with Crippen molar-refractivity contribution in [1.29, 1.82) is 0 Å². The first-order valence-electron chi connectivity index (χ1n) is 8.00. The van der Waals surface area contributed by atoms with Crippen LogP contribution in [0, 0.1) is 12.9 Å². The van der Waals surface area contributed by atoms with Crippen LogP contribution in [-0.4, -0.2) is 25.4 Å². The van der Waals surface area contributed by atoms with Crippen LogP contribution in [0.15, 0.2) is 45.9 Å². The predicted molar refractivity (Wildman–Crippen MR) is 98.7 cm³/mol. The Morgan fingerprint density at radius 1 is 1.26 bits per heavy atom. The summed E-state index contributed by atoms with van der Waals surface area (Å²) in [7, 11) is 0. The number of nitrogens with zero attached hydrogens (tertiary/aromatic N) is 3. The van der Waals surface area contributed by atoms with Gasteiger partial charge >= 0.3 is 5.69 Å². The number of hydrogen-bond donors (Lipinski definition) is 2. The van der Waals surface area contributed by atoms with Gasteiger partial charge in [0.1, 0.15) is 5.70 Å². The molecule has 2 N–H and O–H groups in total. The molecule has 0 unspecified atom stereocenters. The molecule has 27 heavy (non-hydrogen) atoms. The minimum atomic E-state index is -0.771. The van der Waals surface area contributed by atoms with Crippen LogP contribution in [0.4, 0.5) is 10.1 Å². The molecule has 0 bridgehead atoms. The Hall–Kier alpha value is -3.62. The number of carbonyl (C=O) groups excluding carboxylic acids is 1. The number of aromatic amines is 1. The Morgan fingerprint density at radius 3 is 2.67 bits per heavy atom. The Labute approximate surface area is 152 Å². The van der Waals surface area contributed by atoms with Crippen molar-refractivity contribution in [3.8, 4) is 0 Å². The van der Waals surface area contributed by atoms with Crippen LogP contribution >= 0.6 is 0 Å². The van der Waals surface area contributed by atoms with E-state index in [4.69, 9.17) is 0 Å². The maximum atomic E-state index is 13.3. The first kappa shape index (κ1) is 18.2. The third-order valence-electron chi connectivity index (χ3n) is 3.89. The number of fused-ring (bicyclic) bond motifs is 1. The van der Waals surface area contributed by atoms with E-state index in [1.807, 2.05) is 0 Å². The van der Waals surface area contributed by atoms with Crippen LogP contribution < -0.4 is 16.6 Å². The van der Waals surface area contributed by atoms with Gasteiger partial charge in [0.2, 0.25) is 5.95 Å². The van der Waals surface area contributed by atoms with Crippen molar-refractivity contribution in [1.82, 2.24) is 19.5 Å². The van der Waals surface area contributed by atoms with Crippen molar-refractivity contribution in [2.75, 3.05) is 5.32 Å². The summed E-state index contributed by atoms with van der Waals surface area (Å²) >= 11 is 0. The van der Waals surface area contributed by atoms with Crippen LogP contribution in [0.3, 0.4) is 0 Å². The molecule has 0 saturated carbocycles. The number of amides is 1. The Morgan fingerprint density at radius 2 is 2.00 bits per heavy atom. The third-order valence-corrected chi connectivity index (χ3v) is 3.89. The van der Waals surface area contributed by atoms with Crippen molar-refractivity contribution in [3.63, 3.8) is 0 Å². The topological polar surface area (TPSA) is 110 Å². The normalized spacial score (nSPS) is 10.7. The first-order valence-corrected chi connectivity index (χ1v) is 8.00. The number of aromatic nitrogens is 4. The summed E-state index contributed by atoms with van der Waals surface area (Å²) in [5.41, 5.74) is -0.125. The van der Waals surface area contributed by atoms with Crippen molar-refractivity contribution < 1.29 is 9.18 Å². The average molecular weight is 369 g/mol. The highest BCUT2D eigenvalue weighted by molar-refractivity contribution is 6.21. The zero-order valence-electron chi connectivity index (χ0n) is 14.8. The van der Waals surface area contributed by atoms with E-state index in [0.29, 0.717) is 11.1 Å². The maximum absolute atomic E-state index is 13.3. The lowest BCUT2D eigenvalue weighted by molar-refractivity contribution is -0.111. The molecule has 8 nitrogen and oxygen atoms in total. The van der Waals surface area contributed by atoms with Gasteiger partial charge in [-0.1, -0.05) is 0 Å². The number of anilines is 1. The molecule has 0 aliphatic carbocycles. The van der Waals surface area contributed by atoms with E-state index >= 15 is 0 Å². The smallest absolute Gasteiger partial charge is 0.320 e. The van der Waals surface area contributed by atoms with Gasteiger partial charge < -0.3 is 10.3 Å². The largest absolute Gasteiger partial charge is 0.333 e.